The molecule has 1 aromatic heterocycles. The lowest BCUT2D eigenvalue weighted by Crippen LogP contribution is -2.43. The number of rotatable bonds is 4. The van der Waals surface area contributed by atoms with Crippen LogP contribution in [0.3, 0.4) is 0 Å². The van der Waals surface area contributed by atoms with Gasteiger partial charge >= 0.3 is 0 Å². The number of benzene rings is 1. The number of likely N-dealkylation sites (N-methyl/N-ethyl adjacent to an activating group) is 1. The first-order chi connectivity index (χ1) is 11.6. The fourth-order valence-electron chi connectivity index (χ4n) is 2.86. The first-order valence-corrected chi connectivity index (χ1v) is 8.98. The van der Waals surface area contributed by atoms with Crippen molar-refractivity contribution in [1.82, 2.24) is 9.88 Å². The van der Waals surface area contributed by atoms with E-state index in [1.165, 1.54) is 16.7 Å². The number of amides is 2. The largest absolute Gasteiger partial charge is 0.330 e. The van der Waals surface area contributed by atoms with Crippen LogP contribution in [0.2, 0.25) is 0 Å². The molecule has 1 fully saturated rings. The molecule has 1 saturated heterocycles. The van der Waals surface area contributed by atoms with Crippen LogP contribution in [0.4, 0.5) is 5.69 Å². The van der Waals surface area contributed by atoms with Gasteiger partial charge in [0.25, 0.3) is 5.91 Å². The molecule has 1 atom stereocenters. The van der Waals surface area contributed by atoms with Gasteiger partial charge in [0.05, 0.1) is 10.6 Å². The molecule has 2 aromatic rings. The van der Waals surface area contributed by atoms with E-state index in [1.807, 2.05) is 42.7 Å². The van der Waals surface area contributed by atoms with Crippen LogP contribution in [0.25, 0.3) is 0 Å². The van der Waals surface area contributed by atoms with E-state index in [1.54, 1.807) is 24.2 Å². The second kappa shape index (κ2) is 7.05. The number of anilines is 1. The van der Waals surface area contributed by atoms with E-state index < -0.39 is 6.04 Å². The zero-order valence-corrected chi connectivity index (χ0v) is 14.5. The Kier molecular flexibility index (Phi) is 4.85. The van der Waals surface area contributed by atoms with Crippen molar-refractivity contribution in [3.8, 4) is 0 Å². The molecule has 3 rings (SSSR count). The third-order valence-electron chi connectivity index (χ3n) is 4.23. The lowest BCUT2D eigenvalue weighted by atomic mass is 10.2. The summed E-state index contributed by atoms with van der Waals surface area (Å²) in [4.78, 5) is 32.8. The van der Waals surface area contributed by atoms with Crippen molar-refractivity contribution in [3.63, 3.8) is 0 Å². The molecule has 1 unspecified atom stereocenters. The van der Waals surface area contributed by atoms with Crippen molar-refractivity contribution in [2.75, 3.05) is 24.7 Å². The number of nitrogens with zero attached hydrogens (tertiary/aromatic N) is 3. The number of carbonyl (C=O) groups excluding carboxylic acids is 2. The van der Waals surface area contributed by atoms with Crippen molar-refractivity contribution in [2.45, 2.75) is 17.5 Å². The summed E-state index contributed by atoms with van der Waals surface area (Å²) in [5.41, 5.74) is 1.37. The van der Waals surface area contributed by atoms with Gasteiger partial charge in [-0.15, -0.1) is 11.8 Å². The molecule has 0 spiro atoms. The summed E-state index contributed by atoms with van der Waals surface area (Å²) >= 11 is 1.52. The highest BCUT2D eigenvalue weighted by Crippen LogP contribution is 2.24. The molecule has 6 heteroatoms. The first-order valence-electron chi connectivity index (χ1n) is 7.75. The average Bonchev–Trinajstić information content (AvgIpc) is 3.02. The topological polar surface area (TPSA) is 53.5 Å². The Labute approximate surface area is 145 Å². The predicted octanol–water partition coefficient (Wildman–Crippen LogP) is 2.68. The van der Waals surface area contributed by atoms with Gasteiger partial charge in [-0.2, -0.15) is 0 Å². The monoisotopic (exact) mass is 341 g/mol. The normalized spacial score (nSPS) is 17.2. The number of carbonyl (C=O) groups is 2. The van der Waals surface area contributed by atoms with Crippen LogP contribution in [-0.2, 0) is 4.79 Å². The van der Waals surface area contributed by atoms with Gasteiger partial charge in [-0.05, 0) is 36.9 Å². The quantitative estimate of drug-likeness (QED) is 0.803. The zero-order chi connectivity index (χ0) is 17.1. The SMILES string of the molecule is CSc1ccc(C(=O)N(C)C2CCN(c3ccccc3)C2=O)cn1. The smallest absolute Gasteiger partial charge is 0.255 e. The highest BCUT2D eigenvalue weighted by molar-refractivity contribution is 7.98. The van der Waals surface area contributed by atoms with Crippen molar-refractivity contribution >= 4 is 29.3 Å². The molecule has 0 saturated carbocycles. The number of hydrogen-bond acceptors (Lipinski definition) is 4. The molecule has 0 bridgehead atoms. The Balaban J connectivity index is 1.74. The van der Waals surface area contributed by atoms with Gasteiger partial charge in [-0.25, -0.2) is 4.98 Å². The molecule has 0 aliphatic carbocycles. The average molecular weight is 341 g/mol. The summed E-state index contributed by atoms with van der Waals surface area (Å²) in [5, 5.41) is 0.862. The lowest BCUT2D eigenvalue weighted by molar-refractivity contribution is -0.120. The standard InChI is InChI=1S/C18H19N3O2S/c1-20(17(22)13-8-9-16(24-2)19-12-13)15-10-11-21(18(15)23)14-6-4-3-5-7-14/h3-9,12,15H,10-11H2,1-2H3. The van der Waals surface area contributed by atoms with E-state index >= 15 is 0 Å². The molecular formula is C18H19N3O2S. The van der Waals surface area contributed by atoms with Crippen molar-refractivity contribution in [1.29, 1.82) is 0 Å². The fourth-order valence-corrected chi connectivity index (χ4v) is 3.22. The van der Waals surface area contributed by atoms with Gasteiger partial charge in [0.2, 0.25) is 5.91 Å². The number of pyridine rings is 1. The van der Waals surface area contributed by atoms with E-state index in [4.69, 9.17) is 0 Å². The summed E-state index contributed by atoms with van der Waals surface area (Å²) in [6.45, 7) is 0.620. The molecule has 1 aliphatic heterocycles. The van der Waals surface area contributed by atoms with E-state index in [2.05, 4.69) is 4.98 Å². The van der Waals surface area contributed by atoms with E-state index in [-0.39, 0.29) is 11.8 Å². The fraction of sp³-hybridized carbons (Fsp3) is 0.278. The van der Waals surface area contributed by atoms with Crippen LogP contribution >= 0.6 is 11.8 Å². The predicted molar refractivity (Wildman–Crippen MR) is 95.3 cm³/mol. The van der Waals surface area contributed by atoms with Gasteiger partial charge in [0.15, 0.2) is 0 Å². The second-order valence-electron chi connectivity index (χ2n) is 5.64. The van der Waals surface area contributed by atoms with Crippen LogP contribution in [0.1, 0.15) is 16.8 Å². The number of hydrogen-bond donors (Lipinski definition) is 0. The second-order valence-corrected chi connectivity index (χ2v) is 6.46. The maximum Gasteiger partial charge on any atom is 0.255 e. The highest BCUT2D eigenvalue weighted by atomic mass is 32.2. The van der Waals surface area contributed by atoms with Crippen LogP contribution in [0, 0.1) is 0 Å². The van der Waals surface area contributed by atoms with Crippen molar-refractivity contribution in [3.05, 3.63) is 54.2 Å². The first kappa shape index (κ1) is 16.5. The summed E-state index contributed by atoms with van der Waals surface area (Å²) in [7, 11) is 1.68. The van der Waals surface area contributed by atoms with Crippen LogP contribution in [-0.4, -0.2) is 47.6 Å². The minimum absolute atomic E-state index is 0.0363. The number of thioether (sulfide) groups is 1. The summed E-state index contributed by atoms with van der Waals surface area (Å²) in [6.07, 6.45) is 4.14. The number of para-hydroxylation sites is 1. The van der Waals surface area contributed by atoms with Gasteiger partial charge in [0, 0.05) is 25.5 Å². The lowest BCUT2D eigenvalue weighted by Gasteiger charge is -2.24. The molecule has 0 N–H and O–H groups in total. The summed E-state index contributed by atoms with van der Waals surface area (Å²) in [6, 6.07) is 12.7. The van der Waals surface area contributed by atoms with Crippen molar-refractivity contribution < 1.29 is 9.59 Å². The molecule has 1 aliphatic rings. The highest BCUT2D eigenvalue weighted by Gasteiger charge is 2.37. The van der Waals surface area contributed by atoms with Crippen LogP contribution < -0.4 is 4.90 Å². The Morgan fingerprint density at radius 1 is 1.25 bits per heavy atom. The van der Waals surface area contributed by atoms with Gasteiger partial charge in [-0.1, -0.05) is 18.2 Å². The molecule has 1 aromatic carbocycles. The van der Waals surface area contributed by atoms with Gasteiger partial charge < -0.3 is 9.80 Å². The number of aromatic nitrogens is 1. The summed E-state index contributed by atoms with van der Waals surface area (Å²) < 4.78 is 0. The van der Waals surface area contributed by atoms with Crippen LogP contribution in [0.15, 0.2) is 53.7 Å². The third kappa shape index (κ3) is 3.14. The maximum absolute atomic E-state index is 12.7. The Hall–Kier alpha value is -2.34. The van der Waals surface area contributed by atoms with Gasteiger partial charge in [-0.3, -0.25) is 9.59 Å². The molecule has 124 valence electrons. The van der Waals surface area contributed by atoms with E-state index in [0.717, 1.165) is 10.7 Å². The van der Waals surface area contributed by atoms with E-state index in [9.17, 15) is 9.59 Å². The Morgan fingerprint density at radius 3 is 2.62 bits per heavy atom. The van der Waals surface area contributed by atoms with Crippen LogP contribution in [0.5, 0.6) is 0 Å². The Bertz CT molecular complexity index is 734. The Morgan fingerprint density at radius 2 is 2.00 bits per heavy atom. The zero-order valence-electron chi connectivity index (χ0n) is 13.7. The minimum Gasteiger partial charge on any atom is -0.330 e. The van der Waals surface area contributed by atoms with Gasteiger partial charge in [0.1, 0.15) is 6.04 Å². The molecule has 24 heavy (non-hydrogen) atoms. The molecular weight excluding hydrogens is 322 g/mol. The molecule has 2 heterocycles. The van der Waals surface area contributed by atoms with E-state index in [0.29, 0.717) is 18.5 Å². The molecule has 2 amide bonds. The molecule has 5 nitrogen and oxygen atoms in total. The third-order valence-corrected chi connectivity index (χ3v) is 4.89. The van der Waals surface area contributed by atoms with Crippen molar-refractivity contribution in [2.24, 2.45) is 0 Å². The summed E-state index contributed by atoms with van der Waals surface area (Å²) in [5.74, 6) is -0.214. The maximum atomic E-state index is 12.7. The molecule has 0 radical (unpaired) electrons. The minimum atomic E-state index is -0.432.